The van der Waals surface area contributed by atoms with E-state index in [0.717, 1.165) is 25.2 Å². The van der Waals surface area contributed by atoms with Crippen LogP contribution in [0.5, 0.6) is 0 Å². The van der Waals surface area contributed by atoms with Crippen molar-refractivity contribution in [3.63, 3.8) is 0 Å². The summed E-state index contributed by atoms with van der Waals surface area (Å²) in [4.78, 5) is 6.94. The van der Waals surface area contributed by atoms with Crippen molar-refractivity contribution in [2.45, 2.75) is 45.6 Å². The zero-order valence-corrected chi connectivity index (χ0v) is 13.3. The number of nitrogens with zero attached hydrogens (tertiary/aromatic N) is 2. The summed E-state index contributed by atoms with van der Waals surface area (Å²) in [7, 11) is 0. The first-order valence-corrected chi connectivity index (χ1v) is 8.09. The predicted octanol–water partition coefficient (Wildman–Crippen LogP) is 2.85. The molecule has 1 aromatic carbocycles. The smallest absolute Gasteiger partial charge is 0.193 e. The van der Waals surface area contributed by atoms with E-state index in [2.05, 4.69) is 41.2 Å². The van der Waals surface area contributed by atoms with Crippen LogP contribution in [0.3, 0.4) is 0 Å². The molecular weight excluding hydrogens is 260 g/mol. The fourth-order valence-electron chi connectivity index (χ4n) is 2.80. The lowest BCUT2D eigenvalue weighted by Gasteiger charge is -2.32. The van der Waals surface area contributed by atoms with Gasteiger partial charge in [0.25, 0.3) is 0 Å². The standard InChI is InChI=1S/C17H28N4/c1-3-15-7-9-16(10-8-15)20-17(18)19-11-13-21-12-5-4-6-14(21)2/h7-10,14H,3-6,11-13H2,1-2H3,(H3,18,19,20). The van der Waals surface area contributed by atoms with Crippen molar-refractivity contribution in [3.05, 3.63) is 29.8 Å². The van der Waals surface area contributed by atoms with E-state index < -0.39 is 0 Å². The summed E-state index contributed by atoms with van der Waals surface area (Å²) in [5.41, 5.74) is 8.28. The summed E-state index contributed by atoms with van der Waals surface area (Å²) in [6.45, 7) is 7.41. The van der Waals surface area contributed by atoms with Gasteiger partial charge in [-0.3, -0.25) is 9.89 Å². The summed E-state index contributed by atoms with van der Waals surface area (Å²) in [5, 5.41) is 3.15. The molecule has 1 heterocycles. The van der Waals surface area contributed by atoms with Gasteiger partial charge in [-0.25, -0.2) is 0 Å². The summed E-state index contributed by atoms with van der Waals surface area (Å²) in [5.74, 6) is 0.504. The summed E-state index contributed by atoms with van der Waals surface area (Å²) < 4.78 is 0. The van der Waals surface area contributed by atoms with Gasteiger partial charge < -0.3 is 11.1 Å². The second-order valence-electron chi connectivity index (χ2n) is 5.82. The van der Waals surface area contributed by atoms with Gasteiger partial charge in [-0.05, 0) is 50.4 Å². The Morgan fingerprint density at radius 1 is 1.33 bits per heavy atom. The minimum Gasteiger partial charge on any atom is -0.370 e. The summed E-state index contributed by atoms with van der Waals surface area (Å²) in [6.07, 6.45) is 5.03. The average Bonchev–Trinajstić information content (AvgIpc) is 2.50. The van der Waals surface area contributed by atoms with Gasteiger partial charge in [0.1, 0.15) is 0 Å². The molecule has 0 radical (unpaired) electrons. The maximum absolute atomic E-state index is 5.95. The highest BCUT2D eigenvalue weighted by Crippen LogP contribution is 2.15. The van der Waals surface area contributed by atoms with Crippen molar-refractivity contribution < 1.29 is 0 Å². The van der Waals surface area contributed by atoms with Gasteiger partial charge in [0, 0.05) is 18.3 Å². The maximum atomic E-state index is 5.95. The molecular formula is C17H28N4. The SMILES string of the molecule is CCc1ccc(NC(N)=NCCN2CCCCC2C)cc1. The normalized spacial score (nSPS) is 20.5. The minimum atomic E-state index is 0.504. The molecule has 4 heteroatoms. The molecule has 1 aromatic rings. The lowest BCUT2D eigenvalue weighted by atomic mass is 10.0. The molecule has 0 bridgehead atoms. The average molecular weight is 288 g/mol. The van der Waals surface area contributed by atoms with Gasteiger partial charge in [0.15, 0.2) is 5.96 Å². The van der Waals surface area contributed by atoms with Gasteiger partial charge in [-0.1, -0.05) is 25.5 Å². The first-order valence-electron chi connectivity index (χ1n) is 8.09. The van der Waals surface area contributed by atoms with Gasteiger partial charge in [-0.2, -0.15) is 0 Å². The zero-order valence-electron chi connectivity index (χ0n) is 13.3. The van der Waals surface area contributed by atoms with Crippen LogP contribution in [0.2, 0.25) is 0 Å². The number of anilines is 1. The van der Waals surface area contributed by atoms with Crippen molar-refractivity contribution in [3.8, 4) is 0 Å². The number of hydrogen-bond donors (Lipinski definition) is 2. The van der Waals surface area contributed by atoms with Crippen LogP contribution in [0.1, 0.15) is 38.7 Å². The van der Waals surface area contributed by atoms with E-state index in [1.165, 1.54) is 31.4 Å². The number of nitrogens with two attached hydrogens (primary N) is 1. The highest BCUT2D eigenvalue weighted by Gasteiger charge is 2.16. The Labute approximate surface area is 128 Å². The first kappa shape index (κ1) is 15.8. The van der Waals surface area contributed by atoms with Crippen LogP contribution in [0.4, 0.5) is 5.69 Å². The quantitative estimate of drug-likeness (QED) is 0.647. The number of aryl methyl sites for hydroxylation is 1. The number of hydrogen-bond acceptors (Lipinski definition) is 2. The van der Waals surface area contributed by atoms with E-state index in [1.807, 2.05) is 12.1 Å². The van der Waals surface area contributed by atoms with E-state index in [1.54, 1.807) is 0 Å². The molecule has 1 atom stereocenters. The molecule has 1 saturated heterocycles. The van der Waals surface area contributed by atoms with Crippen LogP contribution in [-0.4, -0.2) is 36.5 Å². The Bertz CT molecular complexity index is 452. The van der Waals surface area contributed by atoms with E-state index in [9.17, 15) is 0 Å². The van der Waals surface area contributed by atoms with Crippen LogP contribution in [0, 0.1) is 0 Å². The topological polar surface area (TPSA) is 53.6 Å². The van der Waals surface area contributed by atoms with Crippen LogP contribution in [0.15, 0.2) is 29.3 Å². The van der Waals surface area contributed by atoms with Gasteiger partial charge in [0.2, 0.25) is 0 Å². The second-order valence-corrected chi connectivity index (χ2v) is 5.82. The molecule has 1 fully saturated rings. The van der Waals surface area contributed by atoms with Crippen molar-refractivity contribution in [2.75, 3.05) is 25.0 Å². The van der Waals surface area contributed by atoms with Crippen molar-refractivity contribution in [1.82, 2.24) is 4.90 Å². The molecule has 0 amide bonds. The van der Waals surface area contributed by atoms with E-state index >= 15 is 0 Å². The molecule has 4 nitrogen and oxygen atoms in total. The Morgan fingerprint density at radius 3 is 2.76 bits per heavy atom. The second kappa shape index (κ2) is 8.03. The van der Waals surface area contributed by atoms with Crippen molar-refractivity contribution >= 4 is 11.6 Å². The van der Waals surface area contributed by atoms with Gasteiger partial charge in [-0.15, -0.1) is 0 Å². The molecule has 0 aliphatic carbocycles. The molecule has 1 aliphatic rings. The number of benzene rings is 1. The van der Waals surface area contributed by atoms with Crippen LogP contribution < -0.4 is 11.1 Å². The van der Waals surface area contributed by atoms with Crippen molar-refractivity contribution in [2.24, 2.45) is 10.7 Å². The van der Waals surface area contributed by atoms with Crippen LogP contribution in [0.25, 0.3) is 0 Å². The lowest BCUT2D eigenvalue weighted by molar-refractivity contribution is 0.166. The molecule has 21 heavy (non-hydrogen) atoms. The molecule has 1 unspecified atom stereocenters. The highest BCUT2D eigenvalue weighted by atomic mass is 15.2. The van der Waals surface area contributed by atoms with E-state index in [-0.39, 0.29) is 0 Å². The Balaban J connectivity index is 1.77. The Kier molecular flexibility index (Phi) is 6.05. The number of rotatable bonds is 5. The van der Waals surface area contributed by atoms with Crippen LogP contribution in [-0.2, 0) is 6.42 Å². The lowest BCUT2D eigenvalue weighted by Crippen LogP contribution is -2.39. The third-order valence-corrected chi connectivity index (χ3v) is 4.24. The number of guanidine groups is 1. The van der Waals surface area contributed by atoms with Crippen molar-refractivity contribution in [1.29, 1.82) is 0 Å². The monoisotopic (exact) mass is 288 g/mol. The highest BCUT2D eigenvalue weighted by molar-refractivity contribution is 5.92. The maximum Gasteiger partial charge on any atom is 0.193 e. The Hall–Kier alpha value is -1.55. The molecule has 0 aromatic heterocycles. The largest absolute Gasteiger partial charge is 0.370 e. The molecule has 3 N–H and O–H groups in total. The number of nitrogens with one attached hydrogen (secondary N) is 1. The Morgan fingerprint density at radius 2 is 2.10 bits per heavy atom. The number of piperidine rings is 1. The van der Waals surface area contributed by atoms with Gasteiger partial charge >= 0.3 is 0 Å². The molecule has 1 aliphatic heterocycles. The molecule has 0 saturated carbocycles. The van der Waals surface area contributed by atoms with Gasteiger partial charge in [0.05, 0.1) is 6.54 Å². The molecule has 116 valence electrons. The fourth-order valence-corrected chi connectivity index (χ4v) is 2.80. The number of likely N-dealkylation sites (tertiary alicyclic amines) is 1. The third kappa shape index (κ3) is 5.05. The minimum absolute atomic E-state index is 0.504. The van der Waals surface area contributed by atoms with Crippen LogP contribution >= 0.6 is 0 Å². The predicted molar refractivity (Wildman–Crippen MR) is 90.8 cm³/mol. The fraction of sp³-hybridized carbons (Fsp3) is 0.588. The van der Waals surface area contributed by atoms with E-state index in [4.69, 9.17) is 5.73 Å². The number of aliphatic imine (C=N–C) groups is 1. The zero-order chi connectivity index (χ0) is 15.1. The molecule has 0 spiro atoms. The molecule has 2 rings (SSSR count). The summed E-state index contributed by atoms with van der Waals surface area (Å²) in [6, 6.07) is 9.02. The summed E-state index contributed by atoms with van der Waals surface area (Å²) >= 11 is 0. The first-order chi connectivity index (χ1) is 10.2. The third-order valence-electron chi connectivity index (χ3n) is 4.24. The van der Waals surface area contributed by atoms with E-state index in [0.29, 0.717) is 12.0 Å².